The quantitative estimate of drug-likeness (QED) is 0.790. The van der Waals surface area contributed by atoms with Gasteiger partial charge >= 0.3 is 0 Å². The molecular formula is C23H29NO3Si. The van der Waals surface area contributed by atoms with Crippen molar-refractivity contribution >= 4 is 18.7 Å². The Morgan fingerprint density at radius 1 is 1.11 bits per heavy atom. The van der Waals surface area contributed by atoms with Crippen LogP contribution in [-0.4, -0.2) is 31.9 Å². The van der Waals surface area contributed by atoms with Crippen LogP contribution in [0, 0.1) is 17.2 Å². The molecule has 4 nitrogen and oxygen atoms in total. The van der Waals surface area contributed by atoms with Gasteiger partial charge in [0.15, 0.2) is 6.29 Å². The molecule has 3 atom stereocenters. The second-order valence-electron chi connectivity index (χ2n) is 8.75. The van der Waals surface area contributed by atoms with Gasteiger partial charge in [0.2, 0.25) is 0 Å². The van der Waals surface area contributed by atoms with Crippen molar-refractivity contribution < 1.29 is 14.3 Å². The molecule has 3 rings (SSSR count). The van der Waals surface area contributed by atoms with Gasteiger partial charge in [-0.15, -0.1) is 0 Å². The highest BCUT2D eigenvalue weighted by Crippen LogP contribution is 2.40. The van der Waals surface area contributed by atoms with Crippen molar-refractivity contribution in [3.8, 4) is 6.07 Å². The molecule has 1 saturated heterocycles. The summed E-state index contributed by atoms with van der Waals surface area (Å²) in [6.45, 7) is 8.78. The third-order valence-corrected chi connectivity index (χ3v) is 10.7. The van der Waals surface area contributed by atoms with Gasteiger partial charge in [0.05, 0.1) is 18.6 Å². The summed E-state index contributed by atoms with van der Waals surface area (Å²) >= 11 is 0. The van der Waals surface area contributed by atoms with Crippen molar-refractivity contribution in [1.29, 1.82) is 5.26 Å². The molecule has 0 saturated carbocycles. The number of hydrogen-bond acceptors (Lipinski definition) is 4. The Morgan fingerprint density at radius 3 is 2.04 bits per heavy atom. The van der Waals surface area contributed by atoms with Crippen LogP contribution in [0.2, 0.25) is 5.04 Å². The first kappa shape index (κ1) is 20.8. The van der Waals surface area contributed by atoms with Crippen LogP contribution in [0.25, 0.3) is 0 Å². The summed E-state index contributed by atoms with van der Waals surface area (Å²) in [5.74, 6) is -0.402. The molecule has 0 bridgehead atoms. The summed E-state index contributed by atoms with van der Waals surface area (Å²) in [6, 6.07) is 23.1. The number of nitriles is 1. The van der Waals surface area contributed by atoms with Gasteiger partial charge in [-0.1, -0.05) is 81.4 Å². The zero-order valence-electron chi connectivity index (χ0n) is 17.1. The Bertz CT molecular complexity index is 789. The molecule has 2 aromatic rings. The van der Waals surface area contributed by atoms with Crippen molar-refractivity contribution in [2.45, 2.75) is 51.0 Å². The molecule has 2 aromatic carbocycles. The Balaban J connectivity index is 2.08. The lowest BCUT2D eigenvalue weighted by Crippen LogP contribution is -2.67. The van der Waals surface area contributed by atoms with E-state index in [9.17, 15) is 10.4 Å². The van der Waals surface area contributed by atoms with Gasteiger partial charge < -0.3 is 14.3 Å². The van der Waals surface area contributed by atoms with Gasteiger partial charge in [-0.25, -0.2) is 0 Å². The summed E-state index contributed by atoms with van der Waals surface area (Å²) in [6.07, 6.45) is -0.602. The minimum atomic E-state index is -2.70. The van der Waals surface area contributed by atoms with Crippen molar-refractivity contribution in [3.05, 3.63) is 60.7 Å². The van der Waals surface area contributed by atoms with Crippen LogP contribution in [0.3, 0.4) is 0 Å². The molecule has 1 N–H and O–H groups in total. The first-order valence-electron chi connectivity index (χ1n) is 9.73. The van der Waals surface area contributed by atoms with Crippen LogP contribution in [0.4, 0.5) is 0 Å². The normalized spacial score (nSPS) is 25.4. The average Bonchev–Trinajstić information content (AvgIpc) is 2.96. The van der Waals surface area contributed by atoms with E-state index >= 15 is 0 Å². The van der Waals surface area contributed by atoms with Crippen LogP contribution >= 0.6 is 0 Å². The van der Waals surface area contributed by atoms with Crippen LogP contribution in [0.15, 0.2) is 60.7 Å². The van der Waals surface area contributed by atoms with E-state index in [0.29, 0.717) is 6.42 Å². The van der Waals surface area contributed by atoms with Gasteiger partial charge in [-0.2, -0.15) is 5.26 Å². The number of aliphatic hydroxyl groups excluding tert-OH is 1. The number of hydrogen-bond donors (Lipinski definition) is 1. The van der Waals surface area contributed by atoms with E-state index in [1.54, 1.807) is 0 Å². The largest absolute Gasteiger partial charge is 0.404 e. The standard InChI is InChI=1S/C23H29NO3Si/c1-22(2,3)28(19-11-7-5-8-12-19,20-13-9-6-10-14-20)26-17-23(4)18(16-24)15-21(25)27-23/h5-14,18,21,25H,15,17H2,1-4H3/t18-,21?,23-/m1/s1. The van der Waals surface area contributed by atoms with E-state index in [1.807, 2.05) is 43.3 Å². The highest BCUT2D eigenvalue weighted by Gasteiger charge is 2.53. The first-order valence-corrected chi connectivity index (χ1v) is 11.6. The summed E-state index contributed by atoms with van der Waals surface area (Å²) in [5.41, 5.74) is -0.832. The fourth-order valence-electron chi connectivity index (χ4n) is 4.23. The van der Waals surface area contributed by atoms with Gasteiger partial charge in [0.25, 0.3) is 8.32 Å². The molecule has 1 heterocycles. The molecule has 148 valence electrons. The molecule has 5 heteroatoms. The minimum Gasteiger partial charge on any atom is -0.404 e. The molecule has 0 aromatic heterocycles. The van der Waals surface area contributed by atoms with E-state index in [-0.39, 0.29) is 11.6 Å². The van der Waals surface area contributed by atoms with Crippen LogP contribution in [-0.2, 0) is 9.16 Å². The van der Waals surface area contributed by atoms with Gasteiger partial charge in [-0.05, 0) is 22.3 Å². The topological polar surface area (TPSA) is 62.5 Å². The number of aliphatic hydroxyl groups is 1. The van der Waals surface area contributed by atoms with Gasteiger partial charge in [-0.3, -0.25) is 0 Å². The lowest BCUT2D eigenvalue weighted by atomic mass is 9.91. The number of benzene rings is 2. The maximum atomic E-state index is 9.97. The molecule has 0 radical (unpaired) electrons. The maximum Gasteiger partial charge on any atom is 0.261 e. The van der Waals surface area contributed by atoms with E-state index < -0.39 is 26.1 Å². The summed E-state index contributed by atoms with van der Waals surface area (Å²) < 4.78 is 12.6. The van der Waals surface area contributed by atoms with Crippen LogP contribution < -0.4 is 10.4 Å². The molecular weight excluding hydrogens is 366 g/mol. The predicted octanol–water partition coefficient (Wildman–Crippen LogP) is 3.20. The third kappa shape index (κ3) is 3.66. The van der Waals surface area contributed by atoms with Crippen molar-refractivity contribution in [2.75, 3.05) is 6.61 Å². The second-order valence-corrected chi connectivity index (χ2v) is 13.1. The molecule has 1 fully saturated rings. The highest BCUT2D eigenvalue weighted by molar-refractivity contribution is 6.99. The highest BCUT2D eigenvalue weighted by atomic mass is 28.4. The van der Waals surface area contributed by atoms with Crippen molar-refractivity contribution in [1.82, 2.24) is 0 Å². The third-order valence-electron chi connectivity index (χ3n) is 5.73. The SMILES string of the molecule is CC(C)(C)[Si](OC[C@@]1(C)OC(O)C[C@@H]1C#N)(c1ccccc1)c1ccccc1. The fraction of sp³-hybridized carbons (Fsp3) is 0.435. The van der Waals surface area contributed by atoms with Crippen molar-refractivity contribution in [2.24, 2.45) is 5.92 Å². The fourth-order valence-corrected chi connectivity index (χ4v) is 8.89. The average molecular weight is 396 g/mol. The second kappa shape index (κ2) is 7.80. The lowest BCUT2D eigenvalue weighted by Gasteiger charge is -2.44. The molecule has 1 aliphatic rings. The van der Waals surface area contributed by atoms with Gasteiger partial charge in [0.1, 0.15) is 5.60 Å². The molecule has 0 spiro atoms. The Morgan fingerprint density at radius 2 is 1.61 bits per heavy atom. The monoisotopic (exact) mass is 395 g/mol. The Labute approximate surface area is 168 Å². The van der Waals surface area contributed by atoms with E-state index in [2.05, 4.69) is 51.1 Å². The van der Waals surface area contributed by atoms with Crippen LogP contribution in [0.5, 0.6) is 0 Å². The smallest absolute Gasteiger partial charge is 0.261 e. The maximum absolute atomic E-state index is 9.97. The Hall–Kier alpha value is -1.97. The molecule has 0 aliphatic carbocycles. The zero-order chi connectivity index (χ0) is 20.4. The summed E-state index contributed by atoms with van der Waals surface area (Å²) in [4.78, 5) is 0. The molecule has 1 aliphatic heterocycles. The van der Waals surface area contributed by atoms with Crippen LogP contribution in [0.1, 0.15) is 34.1 Å². The van der Waals surface area contributed by atoms with E-state index in [0.717, 1.165) is 0 Å². The van der Waals surface area contributed by atoms with E-state index in [4.69, 9.17) is 9.16 Å². The predicted molar refractivity (Wildman–Crippen MR) is 113 cm³/mol. The number of ether oxygens (including phenoxy) is 1. The summed E-state index contributed by atoms with van der Waals surface area (Å²) in [5, 5.41) is 21.8. The number of rotatable bonds is 5. The number of nitrogens with zero attached hydrogens (tertiary/aromatic N) is 1. The summed E-state index contributed by atoms with van der Waals surface area (Å²) in [7, 11) is -2.70. The lowest BCUT2D eigenvalue weighted by molar-refractivity contribution is -0.145. The first-order chi connectivity index (χ1) is 13.2. The molecule has 28 heavy (non-hydrogen) atoms. The van der Waals surface area contributed by atoms with E-state index in [1.165, 1.54) is 10.4 Å². The minimum absolute atomic E-state index is 0.147. The van der Waals surface area contributed by atoms with Gasteiger partial charge in [0, 0.05) is 6.42 Å². The Kier molecular flexibility index (Phi) is 5.78. The zero-order valence-corrected chi connectivity index (χ0v) is 18.1. The molecule has 0 amide bonds. The van der Waals surface area contributed by atoms with Crippen molar-refractivity contribution in [3.63, 3.8) is 0 Å². The molecule has 1 unspecified atom stereocenters.